The summed E-state index contributed by atoms with van der Waals surface area (Å²) in [6.07, 6.45) is -3.42. The molecule has 1 rings (SSSR count). The number of ether oxygens (including phenoxy) is 1. The number of hydrogen-bond acceptors (Lipinski definition) is 5. The highest BCUT2D eigenvalue weighted by Gasteiger charge is 2.32. The third kappa shape index (κ3) is 6.99. The minimum Gasteiger partial charge on any atom is -0.377 e. The first-order valence-corrected chi connectivity index (χ1v) is 7.32. The largest absolute Gasteiger partial charge is 0.433 e. The van der Waals surface area contributed by atoms with Crippen molar-refractivity contribution >= 4 is 11.9 Å². The van der Waals surface area contributed by atoms with E-state index in [-0.39, 0.29) is 11.5 Å². The van der Waals surface area contributed by atoms with Crippen molar-refractivity contribution in [2.24, 2.45) is 4.99 Å². The molecular weight excluding hydrogens is 325 g/mol. The number of nitrogens with one attached hydrogen (secondary N) is 3. The van der Waals surface area contributed by atoms with Crippen LogP contribution in [0.25, 0.3) is 0 Å². The molecule has 1 aromatic heterocycles. The highest BCUT2D eigenvalue weighted by Crippen LogP contribution is 2.27. The molecule has 0 saturated heterocycles. The van der Waals surface area contributed by atoms with Crippen LogP contribution in [0.2, 0.25) is 0 Å². The van der Waals surface area contributed by atoms with Crippen LogP contribution in [0.3, 0.4) is 0 Å². The molecule has 0 radical (unpaired) electrons. The minimum atomic E-state index is -4.49. The molecule has 0 bridgehead atoms. The lowest BCUT2D eigenvalue weighted by Gasteiger charge is -2.24. The Morgan fingerprint density at radius 2 is 1.96 bits per heavy atom. The van der Waals surface area contributed by atoms with Gasteiger partial charge in [-0.3, -0.25) is 4.99 Å². The van der Waals surface area contributed by atoms with Crippen LogP contribution >= 0.6 is 0 Å². The number of hydrogen-bond donors (Lipinski definition) is 3. The Bertz CT molecular complexity index is 548. The van der Waals surface area contributed by atoms with Crippen molar-refractivity contribution in [2.75, 3.05) is 39.1 Å². The second-order valence-corrected chi connectivity index (χ2v) is 5.51. The Labute approximate surface area is 139 Å². The fourth-order valence-electron chi connectivity index (χ4n) is 1.55. The van der Waals surface area contributed by atoms with E-state index in [9.17, 15) is 13.2 Å². The summed E-state index contributed by atoms with van der Waals surface area (Å²) >= 11 is 0. The van der Waals surface area contributed by atoms with Crippen LogP contribution in [0.5, 0.6) is 0 Å². The first-order chi connectivity index (χ1) is 11.2. The Hall–Kier alpha value is -2.10. The van der Waals surface area contributed by atoms with Crippen molar-refractivity contribution in [3.05, 3.63) is 18.0 Å². The number of guanidine groups is 1. The molecule has 0 unspecified atom stereocenters. The molecule has 0 atom stereocenters. The summed E-state index contributed by atoms with van der Waals surface area (Å²) in [6.45, 7) is 5.16. The molecule has 3 N–H and O–H groups in total. The minimum absolute atomic E-state index is 0.0740. The molecular formula is C14H23F3N6O. The monoisotopic (exact) mass is 348 g/mol. The van der Waals surface area contributed by atoms with Crippen molar-refractivity contribution in [1.29, 1.82) is 0 Å². The molecule has 0 aliphatic rings. The van der Waals surface area contributed by atoms with Crippen LogP contribution in [-0.4, -0.2) is 55.3 Å². The van der Waals surface area contributed by atoms with E-state index in [2.05, 4.69) is 30.9 Å². The first kappa shape index (κ1) is 19.9. The number of aliphatic imine (C=N–C) groups is 1. The molecule has 0 aliphatic heterocycles. The van der Waals surface area contributed by atoms with Gasteiger partial charge in [0, 0.05) is 40.0 Å². The highest BCUT2D eigenvalue weighted by molar-refractivity contribution is 5.79. The molecule has 0 aliphatic carbocycles. The number of methoxy groups -OCH3 is 1. The van der Waals surface area contributed by atoms with Crippen molar-refractivity contribution in [3.8, 4) is 0 Å². The lowest BCUT2D eigenvalue weighted by molar-refractivity contribution is -0.141. The predicted octanol–water partition coefficient (Wildman–Crippen LogP) is 1.50. The lowest BCUT2D eigenvalue weighted by Crippen LogP contribution is -2.46. The fourth-order valence-corrected chi connectivity index (χ4v) is 1.55. The van der Waals surface area contributed by atoms with E-state index in [4.69, 9.17) is 4.74 Å². The van der Waals surface area contributed by atoms with Crippen LogP contribution in [0.1, 0.15) is 19.5 Å². The van der Waals surface area contributed by atoms with Crippen molar-refractivity contribution < 1.29 is 17.9 Å². The van der Waals surface area contributed by atoms with Gasteiger partial charge >= 0.3 is 6.18 Å². The van der Waals surface area contributed by atoms with Gasteiger partial charge in [-0.1, -0.05) is 0 Å². The Morgan fingerprint density at radius 1 is 1.25 bits per heavy atom. The maximum Gasteiger partial charge on any atom is 0.433 e. The van der Waals surface area contributed by atoms with Gasteiger partial charge in [0.05, 0.1) is 5.60 Å². The highest BCUT2D eigenvalue weighted by atomic mass is 19.4. The topological polar surface area (TPSA) is 83.5 Å². The Morgan fingerprint density at radius 3 is 2.54 bits per heavy atom. The van der Waals surface area contributed by atoms with Crippen LogP contribution < -0.4 is 16.0 Å². The molecule has 0 fully saturated rings. The second kappa shape index (κ2) is 8.67. The van der Waals surface area contributed by atoms with E-state index in [1.54, 1.807) is 14.2 Å². The molecule has 24 heavy (non-hydrogen) atoms. The van der Waals surface area contributed by atoms with Gasteiger partial charge < -0.3 is 20.7 Å². The number of nitrogens with zero attached hydrogens (tertiary/aromatic N) is 3. The average Bonchev–Trinajstić information content (AvgIpc) is 2.53. The van der Waals surface area contributed by atoms with E-state index in [1.807, 2.05) is 13.8 Å². The summed E-state index contributed by atoms with van der Waals surface area (Å²) in [5.41, 5.74) is -1.32. The third-order valence-corrected chi connectivity index (χ3v) is 3.10. The van der Waals surface area contributed by atoms with Gasteiger partial charge in [-0.25, -0.2) is 9.97 Å². The summed E-state index contributed by atoms with van der Waals surface area (Å²) < 4.78 is 42.9. The average molecular weight is 348 g/mol. The summed E-state index contributed by atoms with van der Waals surface area (Å²) in [7, 11) is 3.25. The van der Waals surface area contributed by atoms with Gasteiger partial charge in [-0.2, -0.15) is 13.2 Å². The zero-order chi connectivity index (χ0) is 18.2. The zero-order valence-corrected chi connectivity index (χ0v) is 14.2. The number of rotatable bonds is 7. The number of halogens is 3. The normalized spacial score (nSPS) is 12.9. The van der Waals surface area contributed by atoms with Crippen LogP contribution in [-0.2, 0) is 10.9 Å². The molecule has 1 heterocycles. The zero-order valence-electron chi connectivity index (χ0n) is 14.2. The summed E-state index contributed by atoms with van der Waals surface area (Å²) in [5, 5.41) is 8.85. The van der Waals surface area contributed by atoms with E-state index in [0.29, 0.717) is 25.6 Å². The molecule has 0 aromatic carbocycles. The molecule has 0 saturated carbocycles. The number of aromatic nitrogens is 2. The quantitative estimate of drug-likeness (QED) is 0.393. The maximum absolute atomic E-state index is 12.6. The van der Waals surface area contributed by atoms with Gasteiger partial charge in [0.25, 0.3) is 0 Å². The molecule has 10 heteroatoms. The maximum atomic E-state index is 12.6. The third-order valence-electron chi connectivity index (χ3n) is 3.10. The molecule has 136 valence electrons. The smallest absolute Gasteiger partial charge is 0.377 e. The van der Waals surface area contributed by atoms with Crippen LogP contribution in [0.15, 0.2) is 17.3 Å². The number of alkyl halides is 3. The SMILES string of the molecule is CN=C(NCCNc1nccc(C(F)(F)F)n1)NCC(C)(C)OC. The van der Waals surface area contributed by atoms with E-state index >= 15 is 0 Å². The van der Waals surface area contributed by atoms with E-state index in [0.717, 1.165) is 12.3 Å². The van der Waals surface area contributed by atoms with E-state index in [1.165, 1.54) is 0 Å². The Kier molecular flexibility index (Phi) is 7.20. The molecule has 7 nitrogen and oxygen atoms in total. The van der Waals surface area contributed by atoms with Crippen LogP contribution in [0, 0.1) is 0 Å². The predicted molar refractivity (Wildman–Crippen MR) is 86.0 cm³/mol. The van der Waals surface area contributed by atoms with Crippen molar-refractivity contribution in [1.82, 2.24) is 20.6 Å². The summed E-state index contributed by atoms with van der Waals surface area (Å²) in [4.78, 5) is 11.2. The first-order valence-electron chi connectivity index (χ1n) is 7.32. The molecule has 0 amide bonds. The van der Waals surface area contributed by atoms with Gasteiger partial charge in [-0.05, 0) is 19.9 Å². The summed E-state index contributed by atoms with van der Waals surface area (Å²) in [5.74, 6) is 0.488. The standard InChI is InChI=1S/C14H23F3N6O/c1-13(2,24-4)9-22-11(18-3)20-7-8-21-12-19-6-5-10(23-12)14(15,16)17/h5-6H,7-9H2,1-4H3,(H2,18,20,22)(H,19,21,23). The van der Waals surface area contributed by atoms with Gasteiger partial charge in [-0.15, -0.1) is 0 Å². The van der Waals surface area contributed by atoms with Crippen molar-refractivity contribution in [3.63, 3.8) is 0 Å². The fraction of sp³-hybridized carbons (Fsp3) is 0.643. The lowest BCUT2D eigenvalue weighted by atomic mass is 10.1. The van der Waals surface area contributed by atoms with E-state index < -0.39 is 11.9 Å². The van der Waals surface area contributed by atoms with Gasteiger partial charge in [0.2, 0.25) is 5.95 Å². The van der Waals surface area contributed by atoms with Gasteiger partial charge in [0.1, 0.15) is 5.69 Å². The molecule has 1 aromatic rings. The van der Waals surface area contributed by atoms with Crippen LogP contribution in [0.4, 0.5) is 19.1 Å². The molecule has 0 spiro atoms. The Balaban J connectivity index is 2.40. The summed E-state index contributed by atoms with van der Waals surface area (Å²) in [6, 6.07) is 0.826. The second-order valence-electron chi connectivity index (χ2n) is 5.51. The van der Waals surface area contributed by atoms with Gasteiger partial charge in [0.15, 0.2) is 5.96 Å². The number of anilines is 1. The van der Waals surface area contributed by atoms with Crippen molar-refractivity contribution in [2.45, 2.75) is 25.6 Å².